The molecule has 38 heavy (non-hydrogen) atoms. The number of thioether (sulfide) groups is 2. The fraction of sp³-hybridized carbons (Fsp3) is 0.720. The van der Waals surface area contributed by atoms with Crippen molar-refractivity contribution in [2.24, 2.45) is 16.7 Å². The first-order valence-electron chi connectivity index (χ1n) is 12.9. The van der Waals surface area contributed by atoms with Gasteiger partial charge < -0.3 is 19.3 Å². The first-order valence-corrected chi connectivity index (χ1v) is 16.5. The topological polar surface area (TPSA) is 139 Å². The van der Waals surface area contributed by atoms with E-state index in [4.69, 9.17) is 14.8 Å². The lowest BCUT2D eigenvalue weighted by atomic mass is 9.99. The molecule has 0 radical (unpaired) electrons. The van der Waals surface area contributed by atoms with Crippen molar-refractivity contribution in [1.29, 1.82) is 0 Å². The highest BCUT2D eigenvalue weighted by Crippen LogP contribution is 2.53. The molecule has 0 bridgehead atoms. The Morgan fingerprint density at radius 1 is 1.00 bits per heavy atom. The maximum atomic E-state index is 13.8. The van der Waals surface area contributed by atoms with E-state index in [1.165, 1.54) is 29.9 Å². The highest BCUT2D eigenvalue weighted by molar-refractivity contribution is 8.14. The summed E-state index contributed by atoms with van der Waals surface area (Å²) in [6.45, 7) is 11.5. The molecule has 2 heterocycles. The molecule has 2 aromatic heterocycles. The molecule has 0 amide bonds. The smallest absolute Gasteiger partial charge is 0.331 e. The van der Waals surface area contributed by atoms with Crippen LogP contribution in [0.5, 0.6) is 0 Å². The standard InChI is InChI=1S/C25H40N5O5PS2/c1-24(2,3)22(31)37-11-9-34-36(33,35-10-12-38-23(32)25(4,5)6)14-17-7-8-18(13-17)30-16-29-19-20(26)27-15-28-21(19)30/h15-18H,7-14H2,1-6H3,(H2,26,27,28). The van der Waals surface area contributed by atoms with Gasteiger partial charge in [-0.25, -0.2) is 15.0 Å². The van der Waals surface area contributed by atoms with Gasteiger partial charge in [0.15, 0.2) is 21.7 Å². The van der Waals surface area contributed by atoms with Gasteiger partial charge >= 0.3 is 7.60 Å². The van der Waals surface area contributed by atoms with Crippen molar-refractivity contribution in [2.75, 3.05) is 36.6 Å². The third kappa shape index (κ3) is 8.52. The monoisotopic (exact) mass is 585 g/mol. The summed E-state index contributed by atoms with van der Waals surface area (Å²) in [7, 11) is -3.45. The van der Waals surface area contributed by atoms with Crippen LogP contribution in [0.3, 0.4) is 0 Å². The van der Waals surface area contributed by atoms with E-state index < -0.39 is 18.4 Å². The van der Waals surface area contributed by atoms with Crippen molar-refractivity contribution in [2.45, 2.75) is 66.8 Å². The number of hydrogen-bond donors (Lipinski definition) is 1. The van der Waals surface area contributed by atoms with Crippen LogP contribution in [-0.2, 0) is 23.2 Å². The van der Waals surface area contributed by atoms with Crippen LogP contribution in [0.15, 0.2) is 12.7 Å². The maximum Gasteiger partial charge on any atom is 0.331 e. The van der Waals surface area contributed by atoms with Crippen LogP contribution in [0, 0.1) is 16.7 Å². The summed E-state index contributed by atoms with van der Waals surface area (Å²) in [4.78, 5) is 37.2. The Kier molecular flexibility index (Phi) is 10.5. The summed E-state index contributed by atoms with van der Waals surface area (Å²) in [5, 5.41) is 0.120. The number of carbonyl (C=O) groups is 2. The molecule has 2 unspecified atom stereocenters. The number of carbonyl (C=O) groups excluding carboxylic acids is 2. The lowest BCUT2D eigenvalue weighted by Crippen LogP contribution is -2.18. The first kappa shape index (κ1) is 31.1. The van der Waals surface area contributed by atoms with Crippen LogP contribution in [0.2, 0.25) is 0 Å². The van der Waals surface area contributed by atoms with Gasteiger partial charge in [0, 0.05) is 28.4 Å². The van der Waals surface area contributed by atoms with Crippen LogP contribution in [0.1, 0.15) is 66.8 Å². The Morgan fingerprint density at radius 2 is 1.58 bits per heavy atom. The maximum absolute atomic E-state index is 13.8. The summed E-state index contributed by atoms with van der Waals surface area (Å²) < 4.78 is 27.5. The molecule has 0 aromatic carbocycles. The van der Waals surface area contributed by atoms with E-state index in [1.54, 1.807) is 6.33 Å². The van der Waals surface area contributed by atoms with Crippen LogP contribution in [0.4, 0.5) is 5.82 Å². The molecule has 2 atom stereocenters. The molecular weight excluding hydrogens is 545 g/mol. The van der Waals surface area contributed by atoms with Crippen molar-refractivity contribution < 1.29 is 23.2 Å². The molecule has 212 valence electrons. The average Bonchev–Trinajstić information content (AvgIpc) is 3.45. The van der Waals surface area contributed by atoms with E-state index in [-0.39, 0.29) is 41.6 Å². The number of nitrogens with two attached hydrogens (primary N) is 1. The van der Waals surface area contributed by atoms with Crippen molar-refractivity contribution in [1.82, 2.24) is 19.5 Å². The zero-order valence-corrected chi connectivity index (χ0v) is 25.7. The summed E-state index contributed by atoms with van der Waals surface area (Å²) in [5.74, 6) is 1.27. The second kappa shape index (κ2) is 12.8. The number of anilines is 1. The summed E-state index contributed by atoms with van der Waals surface area (Å²) in [6, 6.07) is 0.146. The van der Waals surface area contributed by atoms with Gasteiger partial charge in [-0.1, -0.05) is 65.1 Å². The van der Waals surface area contributed by atoms with Gasteiger partial charge in [-0.15, -0.1) is 0 Å². The average molecular weight is 586 g/mol. The van der Waals surface area contributed by atoms with Gasteiger partial charge in [-0.3, -0.25) is 14.2 Å². The highest BCUT2D eigenvalue weighted by Gasteiger charge is 2.35. The Hall–Kier alpha value is -1.46. The summed E-state index contributed by atoms with van der Waals surface area (Å²) in [6.07, 6.45) is 5.97. The van der Waals surface area contributed by atoms with E-state index in [1.807, 2.05) is 46.1 Å². The predicted octanol–water partition coefficient (Wildman–Crippen LogP) is 5.59. The number of hydrogen-bond acceptors (Lipinski definition) is 11. The lowest BCUT2D eigenvalue weighted by Gasteiger charge is -2.22. The van der Waals surface area contributed by atoms with E-state index in [0.29, 0.717) is 28.5 Å². The SMILES string of the molecule is CC(C)(C)C(=O)SCCOP(=O)(CC1CCC(n2cnc3c(N)ncnc32)C1)OCCSC(=O)C(C)(C)C. The van der Waals surface area contributed by atoms with Crippen LogP contribution in [0.25, 0.3) is 11.2 Å². The number of rotatable bonds is 11. The summed E-state index contributed by atoms with van der Waals surface area (Å²) in [5.41, 5.74) is 6.31. The quantitative estimate of drug-likeness (QED) is 0.261. The van der Waals surface area contributed by atoms with Crippen LogP contribution >= 0.6 is 31.1 Å². The van der Waals surface area contributed by atoms with Crippen molar-refractivity contribution in [3.8, 4) is 0 Å². The third-order valence-electron chi connectivity index (χ3n) is 6.21. The molecule has 1 aliphatic carbocycles. The number of imidazole rings is 1. The van der Waals surface area contributed by atoms with Gasteiger partial charge in [0.2, 0.25) is 0 Å². The normalized spacial score (nSPS) is 18.8. The van der Waals surface area contributed by atoms with Crippen molar-refractivity contribution in [3.05, 3.63) is 12.7 Å². The Bertz CT molecular complexity index is 1140. The second-order valence-electron chi connectivity index (χ2n) is 11.6. The molecule has 0 saturated heterocycles. The molecule has 2 N–H and O–H groups in total. The number of fused-ring (bicyclic) bond motifs is 1. The zero-order chi connectivity index (χ0) is 28.1. The van der Waals surface area contributed by atoms with Gasteiger partial charge in [0.1, 0.15) is 11.8 Å². The fourth-order valence-electron chi connectivity index (χ4n) is 4.12. The van der Waals surface area contributed by atoms with Gasteiger partial charge in [-0.2, -0.15) is 0 Å². The predicted molar refractivity (Wildman–Crippen MR) is 154 cm³/mol. The molecule has 1 aliphatic rings. The molecule has 1 saturated carbocycles. The van der Waals surface area contributed by atoms with Crippen LogP contribution < -0.4 is 5.73 Å². The largest absolute Gasteiger partial charge is 0.382 e. The van der Waals surface area contributed by atoms with Gasteiger partial charge in [0.05, 0.1) is 25.7 Å². The van der Waals surface area contributed by atoms with Gasteiger partial charge in [0.25, 0.3) is 0 Å². The molecule has 1 fully saturated rings. The van der Waals surface area contributed by atoms with Crippen LogP contribution in [-0.4, -0.2) is 60.6 Å². The van der Waals surface area contributed by atoms with Gasteiger partial charge in [-0.05, 0) is 25.2 Å². The first-order chi connectivity index (χ1) is 17.7. The van der Waals surface area contributed by atoms with E-state index in [9.17, 15) is 14.2 Å². The van der Waals surface area contributed by atoms with Crippen molar-refractivity contribution in [3.63, 3.8) is 0 Å². The fourth-order valence-corrected chi connectivity index (χ4v) is 7.92. The number of nitrogens with zero attached hydrogens (tertiary/aromatic N) is 4. The highest BCUT2D eigenvalue weighted by atomic mass is 32.2. The Morgan fingerprint density at radius 3 is 2.13 bits per heavy atom. The van der Waals surface area contributed by atoms with E-state index in [0.717, 1.165) is 19.3 Å². The number of aromatic nitrogens is 4. The molecule has 3 rings (SSSR count). The lowest BCUT2D eigenvalue weighted by molar-refractivity contribution is -0.118. The second-order valence-corrected chi connectivity index (χ2v) is 15.9. The molecular formula is C25H40N5O5PS2. The minimum Gasteiger partial charge on any atom is -0.382 e. The minimum atomic E-state index is -3.45. The Labute approximate surface area is 233 Å². The number of nitrogen functional groups attached to an aromatic ring is 1. The molecule has 0 spiro atoms. The van der Waals surface area contributed by atoms with Crippen molar-refractivity contribution >= 4 is 58.3 Å². The summed E-state index contributed by atoms with van der Waals surface area (Å²) >= 11 is 2.36. The Balaban J connectivity index is 1.61. The minimum absolute atomic E-state index is 0.0598. The molecule has 10 nitrogen and oxygen atoms in total. The molecule has 2 aromatic rings. The zero-order valence-electron chi connectivity index (χ0n) is 23.1. The molecule has 0 aliphatic heterocycles. The van der Waals surface area contributed by atoms with E-state index >= 15 is 0 Å². The molecule has 13 heteroatoms. The third-order valence-corrected chi connectivity index (χ3v) is 10.8. The van der Waals surface area contributed by atoms with E-state index in [2.05, 4.69) is 15.0 Å².